The van der Waals surface area contributed by atoms with E-state index in [1.54, 1.807) is 11.6 Å². The maximum atomic E-state index is 13.2. The molecule has 0 bridgehead atoms. The van der Waals surface area contributed by atoms with E-state index in [-0.39, 0.29) is 22.0 Å². The fourth-order valence-electron chi connectivity index (χ4n) is 1.98. The first-order valence-corrected chi connectivity index (χ1v) is 6.93. The van der Waals surface area contributed by atoms with Crippen LogP contribution >= 0.6 is 11.8 Å². The molecule has 2 heterocycles. The number of carboxylic acid groups (broad SMARTS) is 1. The highest BCUT2D eigenvalue weighted by atomic mass is 32.2. The summed E-state index contributed by atoms with van der Waals surface area (Å²) >= 11 is 0.904. The average molecular weight is 301 g/mol. The minimum Gasteiger partial charge on any atom is -0.481 e. The maximum Gasteiger partial charge on any atom is 0.313 e. The van der Waals surface area contributed by atoms with Crippen LogP contribution < -0.4 is 0 Å². The Morgan fingerprint density at radius 3 is 2.80 bits per heavy atom. The second kappa shape index (κ2) is 5.74. The predicted octanol–water partition coefficient (Wildman–Crippen LogP) is 2.87. The van der Waals surface area contributed by atoms with Crippen molar-refractivity contribution in [3.05, 3.63) is 17.3 Å². The van der Waals surface area contributed by atoms with Crippen LogP contribution in [0.25, 0.3) is 11.0 Å². The zero-order valence-corrected chi connectivity index (χ0v) is 11.7. The van der Waals surface area contributed by atoms with Gasteiger partial charge in [0.2, 0.25) is 0 Å². The summed E-state index contributed by atoms with van der Waals surface area (Å²) in [5, 5.41) is 13.4. The van der Waals surface area contributed by atoms with E-state index in [1.807, 2.05) is 6.92 Å². The molecule has 0 unspecified atom stereocenters. The molecule has 108 valence electrons. The quantitative estimate of drug-likeness (QED) is 0.860. The van der Waals surface area contributed by atoms with Gasteiger partial charge in [-0.05, 0) is 19.9 Å². The molecule has 0 aliphatic carbocycles. The van der Waals surface area contributed by atoms with Gasteiger partial charge >= 0.3 is 5.97 Å². The van der Waals surface area contributed by atoms with E-state index in [9.17, 15) is 13.6 Å². The second-order valence-corrected chi connectivity index (χ2v) is 5.13. The lowest BCUT2D eigenvalue weighted by Crippen LogP contribution is -1.99. The first kappa shape index (κ1) is 14.7. The number of aliphatic carboxylic acids is 1. The number of carboxylic acids is 1. The van der Waals surface area contributed by atoms with Gasteiger partial charge in [-0.25, -0.2) is 13.8 Å². The Morgan fingerprint density at radius 1 is 1.55 bits per heavy atom. The third-order valence-electron chi connectivity index (χ3n) is 2.85. The normalized spacial score (nSPS) is 11.4. The molecule has 5 nitrogen and oxygen atoms in total. The molecule has 2 rings (SSSR count). The number of fused-ring (bicyclic) bond motifs is 1. The molecule has 0 atom stereocenters. The van der Waals surface area contributed by atoms with Crippen LogP contribution in [0.2, 0.25) is 0 Å². The van der Waals surface area contributed by atoms with Gasteiger partial charge in [-0.2, -0.15) is 5.10 Å². The molecule has 20 heavy (non-hydrogen) atoms. The van der Waals surface area contributed by atoms with E-state index in [0.29, 0.717) is 17.6 Å². The lowest BCUT2D eigenvalue weighted by molar-refractivity contribution is -0.133. The van der Waals surface area contributed by atoms with E-state index in [1.165, 1.54) is 6.07 Å². The average Bonchev–Trinajstić information content (AvgIpc) is 2.72. The molecule has 0 aliphatic rings. The Labute approximate surface area is 118 Å². The van der Waals surface area contributed by atoms with Crippen LogP contribution in [-0.4, -0.2) is 31.6 Å². The number of aryl methyl sites for hydroxylation is 2. The monoisotopic (exact) mass is 301 g/mol. The zero-order valence-electron chi connectivity index (χ0n) is 10.9. The molecule has 0 saturated carbocycles. The minimum absolute atomic E-state index is 0.153. The zero-order chi connectivity index (χ0) is 14.9. The molecular formula is C12H13F2N3O2S. The first-order valence-electron chi connectivity index (χ1n) is 5.94. The largest absolute Gasteiger partial charge is 0.481 e. The molecule has 8 heteroatoms. The van der Waals surface area contributed by atoms with Crippen molar-refractivity contribution >= 4 is 28.8 Å². The second-order valence-electron chi connectivity index (χ2n) is 4.13. The molecule has 1 N–H and O–H groups in total. The summed E-state index contributed by atoms with van der Waals surface area (Å²) in [6.07, 6.45) is -2.65. The highest BCUT2D eigenvalue weighted by molar-refractivity contribution is 7.99. The van der Waals surface area contributed by atoms with Crippen molar-refractivity contribution in [2.75, 3.05) is 5.75 Å². The molecule has 0 saturated heterocycles. The number of aromatic nitrogens is 3. The van der Waals surface area contributed by atoms with E-state index < -0.39 is 12.4 Å². The number of thioether (sulfide) groups is 1. The minimum atomic E-state index is -2.65. The van der Waals surface area contributed by atoms with Crippen LogP contribution in [0.3, 0.4) is 0 Å². The molecule has 0 aliphatic heterocycles. The van der Waals surface area contributed by atoms with Crippen molar-refractivity contribution < 1.29 is 18.7 Å². The van der Waals surface area contributed by atoms with Crippen LogP contribution in [0.15, 0.2) is 11.1 Å². The van der Waals surface area contributed by atoms with Crippen molar-refractivity contribution in [3.8, 4) is 0 Å². The van der Waals surface area contributed by atoms with Crippen LogP contribution in [-0.2, 0) is 11.3 Å². The predicted molar refractivity (Wildman–Crippen MR) is 71.3 cm³/mol. The Kier molecular flexibility index (Phi) is 4.22. The molecular weight excluding hydrogens is 288 g/mol. The topological polar surface area (TPSA) is 68.0 Å². The first-order chi connectivity index (χ1) is 9.43. The van der Waals surface area contributed by atoms with Gasteiger partial charge in [0.25, 0.3) is 6.43 Å². The van der Waals surface area contributed by atoms with Crippen LogP contribution in [0.1, 0.15) is 24.6 Å². The van der Waals surface area contributed by atoms with Gasteiger partial charge in [0, 0.05) is 17.8 Å². The number of hydrogen-bond acceptors (Lipinski definition) is 4. The summed E-state index contributed by atoms with van der Waals surface area (Å²) in [6.45, 7) is 4.14. The third kappa shape index (κ3) is 2.74. The number of pyridine rings is 1. The molecule has 0 amide bonds. The molecule has 0 radical (unpaired) electrons. The maximum absolute atomic E-state index is 13.2. The highest BCUT2D eigenvalue weighted by Gasteiger charge is 2.20. The number of halogens is 2. The summed E-state index contributed by atoms with van der Waals surface area (Å²) in [5.74, 6) is -1.25. The van der Waals surface area contributed by atoms with Crippen LogP contribution in [0.5, 0.6) is 0 Å². The Bertz CT molecular complexity index is 658. The number of carbonyl (C=O) groups is 1. The van der Waals surface area contributed by atoms with E-state index >= 15 is 0 Å². The SMILES string of the molecule is CCn1nc2nc(SCC(=O)O)cc(C(F)F)c2c1C. The standard InChI is InChI=1S/C12H13F2N3O2S/c1-3-17-6(2)10-7(11(13)14)4-8(15-12(10)16-17)20-5-9(18)19/h4,11H,3,5H2,1-2H3,(H,18,19). The number of hydrogen-bond donors (Lipinski definition) is 1. The Balaban J connectivity index is 2.56. The summed E-state index contributed by atoms with van der Waals surface area (Å²) in [4.78, 5) is 14.7. The molecule has 2 aromatic heterocycles. The smallest absolute Gasteiger partial charge is 0.313 e. The number of nitrogens with zero attached hydrogens (tertiary/aromatic N) is 3. The number of alkyl halides is 2. The highest BCUT2D eigenvalue weighted by Crippen LogP contribution is 2.32. The van der Waals surface area contributed by atoms with Crippen LogP contribution in [0.4, 0.5) is 8.78 Å². The molecule has 0 fully saturated rings. The van der Waals surface area contributed by atoms with E-state index in [0.717, 1.165) is 11.8 Å². The van der Waals surface area contributed by atoms with Gasteiger partial charge < -0.3 is 5.11 Å². The molecule has 0 aromatic carbocycles. The summed E-state index contributed by atoms with van der Waals surface area (Å²) in [7, 11) is 0. The Morgan fingerprint density at radius 2 is 2.25 bits per heavy atom. The lowest BCUT2D eigenvalue weighted by Gasteiger charge is -2.05. The van der Waals surface area contributed by atoms with Gasteiger partial charge in [0.15, 0.2) is 5.65 Å². The van der Waals surface area contributed by atoms with Crippen molar-refractivity contribution in [3.63, 3.8) is 0 Å². The van der Waals surface area contributed by atoms with E-state index in [2.05, 4.69) is 10.1 Å². The van der Waals surface area contributed by atoms with Crippen molar-refractivity contribution in [1.82, 2.24) is 14.8 Å². The summed E-state index contributed by atoms with van der Waals surface area (Å²) in [6, 6.07) is 1.25. The van der Waals surface area contributed by atoms with Crippen molar-refractivity contribution in [2.45, 2.75) is 31.8 Å². The molecule has 0 spiro atoms. The summed E-state index contributed by atoms with van der Waals surface area (Å²) < 4.78 is 28.0. The van der Waals surface area contributed by atoms with Gasteiger partial charge in [0.05, 0.1) is 16.2 Å². The van der Waals surface area contributed by atoms with Gasteiger partial charge in [-0.3, -0.25) is 9.48 Å². The fraction of sp³-hybridized carbons (Fsp3) is 0.417. The lowest BCUT2D eigenvalue weighted by atomic mass is 10.1. The van der Waals surface area contributed by atoms with Crippen LogP contribution in [0, 0.1) is 6.92 Å². The van der Waals surface area contributed by atoms with E-state index in [4.69, 9.17) is 5.11 Å². The number of rotatable bonds is 5. The van der Waals surface area contributed by atoms with Gasteiger partial charge in [0.1, 0.15) is 0 Å². The summed E-state index contributed by atoms with van der Waals surface area (Å²) in [5.41, 5.74) is 0.718. The van der Waals surface area contributed by atoms with Gasteiger partial charge in [-0.1, -0.05) is 11.8 Å². The van der Waals surface area contributed by atoms with Crippen molar-refractivity contribution in [1.29, 1.82) is 0 Å². The third-order valence-corrected chi connectivity index (χ3v) is 3.75. The molecule has 2 aromatic rings. The fourth-order valence-corrected chi connectivity index (χ4v) is 2.61. The van der Waals surface area contributed by atoms with Crippen molar-refractivity contribution in [2.24, 2.45) is 0 Å². The van der Waals surface area contributed by atoms with Gasteiger partial charge in [-0.15, -0.1) is 0 Å². The Hall–Kier alpha value is -1.70.